The zero-order chi connectivity index (χ0) is 19.7. The predicted molar refractivity (Wildman–Crippen MR) is 110 cm³/mol. The molecule has 0 radical (unpaired) electrons. The van der Waals surface area contributed by atoms with E-state index in [0.29, 0.717) is 21.9 Å². The summed E-state index contributed by atoms with van der Waals surface area (Å²) in [5.74, 6) is -0.568. The highest BCUT2D eigenvalue weighted by atomic mass is 32.2. The molecule has 3 aromatic rings. The second-order valence-corrected chi connectivity index (χ2v) is 9.00. The fourth-order valence-corrected chi connectivity index (χ4v) is 4.80. The molecule has 27 heavy (non-hydrogen) atoms. The SMILES string of the molecule is Cc1sc2nc(SCC(=O)c3ccccc3F)n(CC(C)C)c(=O)c2c1C. The molecule has 4 nitrogen and oxygen atoms in total. The molecule has 0 aliphatic carbocycles. The molecule has 0 fully saturated rings. The monoisotopic (exact) mass is 404 g/mol. The average Bonchev–Trinajstić information content (AvgIpc) is 2.90. The number of nitrogens with zero attached hydrogens (tertiary/aromatic N) is 2. The molecular weight excluding hydrogens is 383 g/mol. The number of halogens is 1. The third kappa shape index (κ3) is 3.99. The first-order valence-electron chi connectivity index (χ1n) is 8.70. The molecule has 0 saturated carbocycles. The van der Waals surface area contributed by atoms with Crippen LogP contribution < -0.4 is 5.56 Å². The van der Waals surface area contributed by atoms with Gasteiger partial charge in [0.15, 0.2) is 10.9 Å². The molecule has 1 aromatic carbocycles. The van der Waals surface area contributed by atoms with E-state index < -0.39 is 5.82 Å². The van der Waals surface area contributed by atoms with E-state index in [1.807, 2.05) is 27.7 Å². The number of aryl methyl sites for hydroxylation is 2. The molecule has 0 atom stereocenters. The smallest absolute Gasteiger partial charge is 0.263 e. The zero-order valence-electron chi connectivity index (χ0n) is 15.7. The molecule has 0 aliphatic rings. The molecule has 142 valence electrons. The van der Waals surface area contributed by atoms with Crippen LogP contribution in [0.2, 0.25) is 0 Å². The largest absolute Gasteiger partial charge is 0.293 e. The second-order valence-electron chi connectivity index (χ2n) is 6.86. The van der Waals surface area contributed by atoms with Gasteiger partial charge in [0.2, 0.25) is 0 Å². The lowest BCUT2D eigenvalue weighted by Crippen LogP contribution is -2.25. The third-order valence-electron chi connectivity index (χ3n) is 4.31. The van der Waals surface area contributed by atoms with E-state index in [0.717, 1.165) is 10.4 Å². The molecule has 0 bridgehead atoms. The number of hydrogen-bond acceptors (Lipinski definition) is 5. The van der Waals surface area contributed by atoms with Crippen LogP contribution in [0.15, 0.2) is 34.2 Å². The van der Waals surface area contributed by atoms with Crippen LogP contribution in [0.4, 0.5) is 4.39 Å². The van der Waals surface area contributed by atoms with Gasteiger partial charge in [-0.3, -0.25) is 14.2 Å². The van der Waals surface area contributed by atoms with E-state index in [2.05, 4.69) is 4.98 Å². The summed E-state index contributed by atoms with van der Waals surface area (Å²) >= 11 is 2.67. The van der Waals surface area contributed by atoms with Crippen LogP contribution in [0.3, 0.4) is 0 Å². The lowest BCUT2D eigenvalue weighted by molar-refractivity contribution is 0.101. The number of aromatic nitrogens is 2. The van der Waals surface area contributed by atoms with Crippen molar-refractivity contribution >= 4 is 39.1 Å². The summed E-state index contributed by atoms with van der Waals surface area (Å²) in [6.45, 7) is 8.49. The summed E-state index contributed by atoms with van der Waals surface area (Å²) in [5.41, 5.74) is 0.951. The van der Waals surface area contributed by atoms with E-state index in [9.17, 15) is 14.0 Å². The number of hydrogen-bond donors (Lipinski definition) is 0. The zero-order valence-corrected chi connectivity index (χ0v) is 17.3. The highest BCUT2D eigenvalue weighted by molar-refractivity contribution is 7.99. The van der Waals surface area contributed by atoms with Crippen molar-refractivity contribution < 1.29 is 9.18 Å². The molecule has 7 heteroatoms. The van der Waals surface area contributed by atoms with Gasteiger partial charge in [-0.2, -0.15) is 0 Å². The molecule has 0 aliphatic heterocycles. The average molecular weight is 405 g/mol. The quantitative estimate of drug-likeness (QED) is 0.335. The van der Waals surface area contributed by atoms with Crippen LogP contribution in [-0.2, 0) is 6.54 Å². The molecule has 2 heterocycles. The minimum absolute atomic E-state index is 0.0281. The van der Waals surface area contributed by atoms with E-state index >= 15 is 0 Å². The highest BCUT2D eigenvalue weighted by Crippen LogP contribution is 2.29. The van der Waals surface area contributed by atoms with Crippen LogP contribution >= 0.6 is 23.1 Å². The minimum atomic E-state index is -0.532. The van der Waals surface area contributed by atoms with Gasteiger partial charge in [0.25, 0.3) is 5.56 Å². The first-order chi connectivity index (χ1) is 12.8. The number of thioether (sulfide) groups is 1. The molecule has 0 amide bonds. The summed E-state index contributed by atoms with van der Waals surface area (Å²) < 4.78 is 15.5. The van der Waals surface area contributed by atoms with Crippen LogP contribution in [0.1, 0.15) is 34.6 Å². The lowest BCUT2D eigenvalue weighted by Gasteiger charge is -2.14. The van der Waals surface area contributed by atoms with Gasteiger partial charge in [-0.15, -0.1) is 11.3 Å². The highest BCUT2D eigenvalue weighted by Gasteiger charge is 2.19. The Morgan fingerprint density at radius 3 is 2.67 bits per heavy atom. The van der Waals surface area contributed by atoms with Gasteiger partial charge in [0, 0.05) is 11.4 Å². The van der Waals surface area contributed by atoms with Gasteiger partial charge in [-0.25, -0.2) is 9.37 Å². The Balaban J connectivity index is 1.99. The Kier molecular flexibility index (Phi) is 5.81. The summed E-state index contributed by atoms with van der Waals surface area (Å²) in [6.07, 6.45) is 0. The van der Waals surface area contributed by atoms with Crippen LogP contribution in [0.25, 0.3) is 10.2 Å². The maximum atomic E-state index is 13.8. The van der Waals surface area contributed by atoms with Crippen molar-refractivity contribution in [3.8, 4) is 0 Å². The van der Waals surface area contributed by atoms with Gasteiger partial charge in [0.05, 0.1) is 16.7 Å². The number of benzene rings is 1. The molecule has 0 N–H and O–H groups in total. The van der Waals surface area contributed by atoms with Crippen molar-refractivity contribution in [3.05, 3.63) is 56.4 Å². The Morgan fingerprint density at radius 2 is 2.00 bits per heavy atom. The molecule has 3 rings (SSSR count). The maximum absolute atomic E-state index is 13.8. The molecule has 2 aromatic heterocycles. The third-order valence-corrected chi connectivity index (χ3v) is 6.39. The number of ketones is 1. The first-order valence-corrected chi connectivity index (χ1v) is 10.5. The molecule has 0 spiro atoms. The van der Waals surface area contributed by atoms with Crippen molar-refractivity contribution in [1.29, 1.82) is 0 Å². The predicted octanol–water partition coefficient (Wildman–Crippen LogP) is 4.84. The van der Waals surface area contributed by atoms with Crippen molar-refractivity contribution in [3.63, 3.8) is 0 Å². The number of fused-ring (bicyclic) bond motifs is 1. The van der Waals surface area contributed by atoms with Crippen LogP contribution in [0, 0.1) is 25.6 Å². The normalized spacial score (nSPS) is 11.5. The van der Waals surface area contributed by atoms with Crippen LogP contribution in [-0.4, -0.2) is 21.1 Å². The van der Waals surface area contributed by atoms with Gasteiger partial charge >= 0.3 is 0 Å². The summed E-state index contributed by atoms with van der Waals surface area (Å²) in [5, 5.41) is 1.16. The van der Waals surface area contributed by atoms with Gasteiger partial charge < -0.3 is 0 Å². The topological polar surface area (TPSA) is 52.0 Å². The van der Waals surface area contributed by atoms with Crippen molar-refractivity contribution in [1.82, 2.24) is 9.55 Å². The summed E-state index contributed by atoms with van der Waals surface area (Å²) in [4.78, 5) is 31.9. The number of thiophene rings is 1. The Hall–Kier alpha value is -1.99. The standard InChI is InChI=1S/C20H21FN2O2S2/c1-11(2)9-23-19(25)17-12(3)13(4)27-18(17)22-20(23)26-10-16(24)14-7-5-6-8-15(14)21/h5-8,11H,9-10H2,1-4H3. The lowest BCUT2D eigenvalue weighted by atomic mass is 10.1. The first kappa shape index (κ1) is 19.8. The van der Waals surface area contributed by atoms with E-state index in [1.54, 1.807) is 16.7 Å². The Labute approximate surface area is 165 Å². The van der Waals surface area contributed by atoms with Gasteiger partial charge in [0.1, 0.15) is 10.6 Å². The van der Waals surface area contributed by atoms with Gasteiger partial charge in [-0.1, -0.05) is 37.7 Å². The fourth-order valence-electron chi connectivity index (χ4n) is 2.84. The van der Waals surface area contributed by atoms with Gasteiger partial charge in [-0.05, 0) is 37.5 Å². The fraction of sp³-hybridized carbons (Fsp3) is 0.350. The number of Topliss-reactive ketones (excluding diaryl/α,β-unsaturated/α-hetero) is 1. The van der Waals surface area contributed by atoms with E-state index in [4.69, 9.17) is 0 Å². The minimum Gasteiger partial charge on any atom is -0.293 e. The Morgan fingerprint density at radius 1 is 1.30 bits per heavy atom. The maximum Gasteiger partial charge on any atom is 0.263 e. The molecule has 0 unspecified atom stereocenters. The Bertz CT molecular complexity index is 1070. The molecule has 0 saturated heterocycles. The second kappa shape index (κ2) is 7.94. The van der Waals surface area contributed by atoms with Crippen molar-refractivity contribution in [2.24, 2.45) is 5.92 Å². The molecular formula is C20H21FN2O2S2. The van der Waals surface area contributed by atoms with Crippen molar-refractivity contribution in [2.45, 2.75) is 39.4 Å². The summed E-state index contributed by atoms with van der Waals surface area (Å²) in [6, 6.07) is 5.93. The van der Waals surface area contributed by atoms with Crippen LogP contribution in [0.5, 0.6) is 0 Å². The van der Waals surface area contributed by atoms with E-state index in [1.165, 1.54) is 35.2 Å². The number of carbonyl (C=O) groups excluding carboxylic acids is 1. The number of carbonyl (C=O) groups is 1. The van der Waals surface area contributed by atoms with Crippen molar-refractivity contribution in [2.75, 3.05) is 5.75 Å². The summed E-state index contributed by atoms with van der Waals surface area (Å²) in [7, 11) is 0. The van der Waals surface area contributed by atoms with E-state index in [-0.39, 0.29) is 28.6 Å². The number of rotatable bonds is 6.